The third-order valence-corrected chi connectivity index (χ3v) is 1.25. The van der Waals surface area contributed by atoms with Gasteiger partial charge in [-0.25, -0.2) is 0 Å². The van der Waals surface area contributed by atoms with Crippen LogP contribution in [0, 0.1) is 22.7 Å². The van der Waals surface area contributed by atoms with Crippen LogP contribution >= 0.6 is 11.6 Å². The van der Waals surface area contributed by atoms with Crippen LogP contribution < -0.4 is 0 Å². The predicted octanol–water partition coefficient (Wildman–Crippen LogP) is 1.59. The lowest BCUT2D eigenvalue weighted by atomic mass is 10.2. The highest BCUT2D eigenvalue weighted by Crippen LogP contribution is 2.02. The lowest BCUT2D eigenvalue weighted by molar-refractivity contribution is 1.33. The zero-order valence-electron chi connectivity index (χ0n) is 4.98. The van der Waals surface area contributed by atoms with Crippen LogP contribution in [0.1, 0.15) is 6.92 Å². The van der Waals surface area contributed by atoms with Gasteiger partial charge in [-0.1, -0.05) is 0 Å². The summed E-state index contributed by atoms with van der Waals surface area (Å²) in [5, 5.41) is 16.5. The van der Waals surface area contributed by atoms with Crippen LogP contribution in [-0.2, 0) is 0 Å². The molecule has 46 valence electrons. The van der Waals surface area contributed by atoms with Crippen LogP contribution in [0.15, 0.2) is 11.1 Å². The Labute approximate surface area is 59.0 Å². The lowest BCUT2D eigenvalue weighted by Gasteiger charge is -1.88. The zero-order valence-corrected chi connectivity index (χ0v) is 5.74. The lowest BCUT2D eigenvalue weighted by Crippen LogP contribution is -1.82. The molecule has 0 saturated carbocycles. The monoisotopic (exact) mass is 140 g/mol. The minimum Gasteiger partial charge on any atom is -0.192 e. The summed E-state index contributed by atoms with van der Waals surface area (Å²) in [5.74, 6) is 0.246. The van der Waals surface area contributed by atoms with E-state index in [9.17, 15) is 0 Å². The maximum Gasteiger partial charge on any atom is 0.129 e. The van der Waals surface area contributed by atoms with Crippen LogP contribution in [0.25, 0.3) is 0 Å². The molecular weight excluding hydrogens is 136 g/mol. The van der Waals surface area contributed by atoms with Crippen molar-refractivity contribution in [3.05, 3.63) is 11.1 Å². The molecular formula is C6H5ClN2. The van der Waals surface area contributed by atoms with Crippen molar-refractivity contribution in [3.8, 4) is 12.1 Å². The fourth-order valence-corrected chi connectivity index (χ4v) is 0.416. The summed E-state index contributed by atoms with van der Waals surface area (Å²) in [4.78, 5) is 0. The van der Waals surface area contributed by atoms with Gasteiger partial charge in [-0.15, -0.1) is 11.6 Å². The largest absolute Gasteiger partial charge is 0.192 e. The Balaban J connectivity index is 4.49. The van der Waals surface area contributed by atoms with Gasteiger partial charge in [0.25, 0.3) is 0 Å². The van der Waals surface area contributed by atoms with Crippen molar-refractivity contribution < 1.29 is 0 Å². The van der Waals surface area contributed by atoms with E-state index in [0.29, 0.717) is 5.57 Å². The molecule has 0 aromatic carbocycles. The minimum absolute atomic E-state index is 0.116. The molecule has 2 nitrogen and oxygen atoms in total. The summed E-state index contributed by atoms with van der Waals surface area (Å²) >= 11 is 5.34. The van der Waals surface area contributed by atoms with E-state index >= 15 is 0 Å². The Kier molecular flexibility index (Phi) is 3.51. The highest BCUT2D eigenvalue weighted by Gasteiger charge is 1.96. The summed E-state index contributed by atoms with van der Waals surface area (Å²) in [6.07, 6.45) is 0. The molecule has 0 aromatic rings. The average Bonchev–Trinajstić information content (AvgIpc) is 1.90. The normalized spacial score (nSPS) is 7.11. The van der Waals surface area contributed by atoms with E-state index in [1.54, 1.807) is 19.1 Å². The number of alkyl halides is 1. The first kappa shape index (κ1) is 8.01. The first-order valence-electron chi connectivity index (χ1n) is 2.32. The number of hydrogen-bond donors (Lipinski definition) is 0. The molecule has 0 saturated heterocycles. The van der Waals surface area contributed by atoms with Crippen LogP contribution in [0.2, 0.25) is 0 Å². The zero-order chi connectivity index (χ0) is 7.28. The molecule has 9 heavy (non-hydrogen) atoms. The van der Waals surface area contributed by atoms with Crippen molar-refractivity contribution >= 4 is 11.6 Å². The summed E-state index contributed by atoms with van der Waals surface area (Å²) in [6.45, 7) is 1.66. The first-order valence-corrected chi connectivity index (χ1v) is 2.85. The molecule has 3 heteroatoms. The molecule has 0 unspecified atom stereocenters. The van der Waals surface area contributed by atoms with Gasteiger partial charge in [-0.3, -0.25) is 0 Å². The number of nitrogens with zero attached hydrogens (tertiary/aromatic N) is 2. The van der Waals surface area contributed by atoms with Crippen molar-refractivity contribution in [3.63, 3.8) is 0 Å². The van der Waals surface area contributed by atoms with Gasteiger partial charge in [-0.05, 0) is 12.5 Å². The van der Waals surface area contributed by atoms with Gasteiger partial charge in [0.05, 0.1) is 0 Å². The third-order valence-electron chi connectivity index (χ3n) is 0.851. The fraction of sp³-hybridized carbons (Fsp3) is 0.333. The Morgan fingerprint density at radius 1 is 1.44 bits per heavy atom. The second-order valence-corrected chi connectivity index (χ2v) is 1.78. The van der Waals surface area contributed by atoms with E-state index < -0.39 is 0 Å². The molecule has 0 radical (unpaired) electrons. The average molecular weight is 141 g/mol. The number of halogens is 1. The predicted molar refractivity (Wildman–Crippen MR) is 34.6 cm³/mol. The molecule has 0 aliphatic heterocycles. The van der Waals surface area contributed by atoms with Gasteiger partial charge in [0.2, 0.25) is 0 Å². The molecule has 0 aliphatic carbocycles. The molecule has 0 atom stereocenters. The van der Waals surface area contributed by atoms with Crippen molar-refractivity contribution in [2.24, 2.45) is 0 Å². The Bertz CT molecular complexity index is 188. The highest BCUT2D eigenvalue weighted by atomic mass is 35.5. The van der Waals surface area contributed by atoms with Gasteiger partial charge < -0.3 is 0 Å². The maximum atomic E-state index is 8.24. The first-order chi connectivity index (χ1) is 4.26. The number of hydrogen-bond acceptors (Lipinski definition) is 2. The van der Waals surface area contributed by atoms with E-state index in [4.69, 9.17) is 22.1 Å². The van der Waals surface area contributed by atoms with Gasteiger partial charge in [-0.2, -0.15) is 10.5 Å². The topological polar surface area (TPSA) is 47.6 Å². The van der Waals surface area contributed by atoms with Gasteiger partial charge in [0.1, 0.15) is 17.7 Å². The molecule has 0 spiro atoms. The molecule has 0 aliphatic rings. The molecule has 0 heterocycles. The second-order valence-electron chi connectivity index (χ2n) is 1.51. The van der Waals surface area contributed by atoms with Gasteiger partial charge in [0.15, 0.2) is 0 Å². The number of rotatable bonds is 1. The van der Waals surface area contributed by atoms with E-state index in [-0.39, 0.29) is 11.5 Å². The summed E-state index contributed by atoms with van der Waals surface area (Å²) < 4.78 is 0. The maximum absolute atomic E-state index is 8.24. The van der Waals surface area contributed by atoms with Gasteiger partial charge in [0, 0.05) is 5.88 Å². The van der Waals surface area contributed by atoms with E-state index in [1.807, 2.05) is 0 Å². The number of nitriles is 2. The minimum atomic E-state index is 0.116. The molecule has 0 aromatic heterocycles. The Hall–Kier alpha value is -0.990. The van der Waals surface area contributed by atoms with Crippen molar-refractivity contribution in [1.82, 2.24) is 0 Å². The molecule has 0 rings (SSSR count). The summed E-state index contributed by atoms with van der Waals surface area (Å²) in [7, 11) is 0. The van der Waals surface area contributed by atoms with Crippen molar-refractivity contribution in [2.45, 2.75) is 6.92 Å². The fourth-order valence-electron chi connectivity index (χ4n) is 0.283. The molecule has 0 N–H and O–H groups in total. The van der Waals surface area contributed by atoms with Crippen LogP contribution in [0.3, 0.4) is 0 Å². The second kappa shape index (κ2) is 3.95. The van der Waals surface area contributed by atoms with E-state index in [0.717, 1.165) is 0 Å². The van der Waals surface area contributed by atoms with Crippen molar-refractivity contribution in [2.75, 3.05) is 5.88 Å². The summed E-state index contributed by atoms with van der Waals surface area (Å²) in [6, 6.07) is 3.47. The van der Waals surface area contributed by atoms with Crippen LogP contribution in [0.5, 0.6) is 0 Å². The third kappa shape index (κ3) is 2.17. The van der Waals surface area contributed by atoms with Crippen molar-refractivity contribution in [1.29, 1.82) is 10.5 Å². The van der Waals surface area contributed by atoms with E-state index in [1.165, 1.54) is 0 Å². The highest BCUT2D eigenvalue weighted by molar-refractivity contribution is 6.19. The van der Waals surface area contributed by atoms with Gasteiger partial charge >= 0.3 is 0 Å². The number of allylic oxidation sites excluding steroid dienone is 2. The quantitative estimate of drug-likeness (QED) is 0.410. The molecule has 0 bridgehead atoms. The van der Waals surface area contributed by atoms with Crippen LogP contribution in [0.4, 0.5) is 0 Å². The smallest absolute Gasteiger partial charge is 0.129 e. The molecule has 0 fully saturated rings. The Morgan fingerprint density at radius 2 is 1.89 bits per heavy atom. The Morgan fingerprint density at radius 3 is 2.00 bits per heavy atom. The standard InChI is InChI=1S/C6H5ClN2/c1-5(2-7)6(3-8)4-9/h2H2,1H3. The summed E-state index contributed by atoms with van der Waals surface area (Å²) in [5.41, 5.74) is 0.742. The van der Waals surface area contributed by atoms with E-state index in [2.05, 4.69) is 0 Å². The van der Waals surface area contributed by atoms with Crippen LogP contribution in [-0.4, -0.2) is 5.88 Å². The molecule has 0 amide bonds. The SMILES string of the molecule is CC(CCl)=C(C#N)C#N.